The Morgan fingerprint density at radius 2 is 2.08 bits per heavy atom. The minimum absolute atomic E-state index is 0.307. The molecule has 0 fully saturated rings. The summed E-state index contributed by atoms with van der Waals surface area (Å²) in [5.74, 6) is 0.307. The predicted molar refractivity (Wildman–Crippen MR) is 48.9 cm³/mol. The van der Waals surface area contributed by atoms with E-state index >= 15 is 0 Å². The molecule has 0 heterocycles. The second-order valence-electron chi connectivity index (χ2n) is 2.73. The summed E-state index contributed by atoms with van der Waals surface area (Å²) in [6, 6.07) is 10.0. The van der Waals surface area contributed by atoms with Gasteiger partial charge in [0.15, 0.2) is 0 Å². The lowest BCUT2D eigenvalue weighted by Gasteiger charge is -2.06. The summed E-state index contributed by atoms with van der Waals surface area (Å²) in [5, 5.41) is 3.53. The Morgan fingerprint density at radius 1 is 1.42 bits per heavy atom. The summed E-state index contributed by atoms with van der Waals surface area (Å²) >= 11 is 0. The number of hydrogen-bond donors (Lipinski definition) is 0. The molecule has 0 aliphatic rings. The van der Waals surface area contributed by atoms with Crippen molar-refractivity contribution in [3.8, 4) is 0 Å². The van der Waals surface area contributed by atoms with Crippen LogP contribution in [0.25, 0.3) is 10.4 Å². The van der Waals surface area contributed by atoms with Gasteiger partial charge in [0.2, 0.25) is 0 Å². The van der Waals surface area contributed by atoms with Crippen molar-refractivity contribution < 1.29 is 0 Å². The van der Waals surface area contributed by atoms with E-state index in [0.717, 1.165) is 0 Å². The van der Waals surface area contributed by atoms with E-state index in [2.05, 4.69) is 10.0 Å². The molecule has 0 saturated carbocycles. The third-order valence-electron chi connectivity index (χ3n) is 1.79. The summed E-state index contributed by atoms with van der Waals surface area (Å²) in [6.45, 7) is 2.57. The van der Waals surface area contributed by atoms with Gasteiger partial charge in [-0.15, -0.1) is 0 Å². The predicted octanol–water partition coefficient (Wildman–Crippen LogP) is 3.10. The van der Waals surface area contributed by atoms with E-state index in [1.807, 2.05) is 37.3 Å². The molecule has 0 bridgehead atoms. The highest BCUT2D eigenvalue weighted by Gasteiger charge is 2.01. The maximum Gasteiger partial charge on any atom is 0.0324 e. The molecular weight excluding hydrogens is 150 g/mol. The Labute approximate surface area is 71.7 Å². The van der Waals surface area contributed by atoms with Gasteiger partial charge in [0.05, 0.1) is 0 Å². The first-order valence-electron chi connectivity index (χ1n) is 3.90. The molecule has 0 spiro atoms. The van der Waals surface area contributed by atoms with Crippen molar-refractivity contribution in [1.29, 1.82) is 0 Å². The van der Waals surface area contributed by atoms with E-state index in [1.165, 1.54) is 5.56 Å². The lowest BCUT2D eigenvalue weighted by Crippen LogP contribution is -1.95. The first kappa shape index (κ1) is 8.62. The van der Waals surface area contributed by atoms with E-state index < -0.39 is 0 Å². The van der Waals surface area contributed by atoms with E-state index in [9.17, 15) is 0 Å². The molecule has 3 heteroatoms. The molecule has 0 radical (unpaired) electrons. The van der Waals surface area contributed by atoms with Gasteiger partial charge in [0.1, 0.15) is 0 Å². The third kappa shape index (κ3) is 2.29. The summed E-state index contributed by atoms with van der Waals surface area (Å²) in [7, 11) is 0. The van der Waals surface area contributed by atoms with Crippen molar-refractivity contribution in [2.24, 2.45) is 5.11 Å². The van der Waals surface area contributed by atoms with Gasteiger partial charge in [-0.25, -0.2) is 0 Å². The molecule has 1 aromatic rings. The average Bonchev–Trinajstić information content (AvgIpc) is 2.15. The van der Waals surface area contributed by atoms with Crippen molar-refractivity contribution in [3.63, 3.8) is 0 Å². The van der Waals surface area contributed by atoms with Crippen LogP contribution < -0.4 is 0 Å². The Balaban J connectivity index is 2.65. The minimum atomic E-state index is 0.307. The molecule has 62 valence electrons. The molecule has 0 N–H and O–H groups in total. The van der Waals surface area contributed by atoms with Crippen molar-refractivity contribution in [1.82, 2.24) is 0 Å². The maximum atomic E-state index is 8.12. The van der Waals surface area contributed by atoms with Crippen LogP contribution in [0.3, 0.4) is 0 Å². The zero-order valence-corrected chi connectivity index (χ0v) is 7.01. The Bertz CT molecular complexity index is 275. The molecule has 1 rings (SSSR count). The molecule has 3 nitrogen and oxygen atoms in total. The Kier molecular flexibility index (Phi) is 3.17. The quantitative estimate of drug-likeness (QED) is 0.371. The second-order valence-corrected chi connectivity index (χ2v) is 2.73. The molecule has 12 heavy (non-hydrogen) atoms. The Morgan fingerprint density at radius 3 is 2.67 bits per heavy atom. The molecule has 0 aliphatic heterocycles. The number of azide groups is 1. The standard InChI is InChI=1S/C9H11N3/c1-8(7-11-12-10)9-5-3-2-4-6-9/h2-6,8H,7H2,1H3/t8-/m1/s1. The fourth-order valence-corrected chi connectivity index (χ4v) is 1.05. The second kappa shape index (κ2) is 4.42. The van der Waals surface area contributed by atoms with Gasteiger partial charge < -0.3 is 0 Å². The van der Waals surface area contributed by atoms with Crippen molar-refractivity contribution in [3.05, 3.63) is 46.3 Å². The molecule has 0 aliphatic carbocycles. The largest absolute Gasteiger partial charge is 0.0934 e. The van der Waals surface area contributed by atoms with Crippen LogP contribution in [0.1, 0.15) is 18.4 Å². The van der Waals surface area contributed by atoms with Gasteiger partial charge in [-0.05, 0) is 17.0 Å². The SMILES string of the molecule is C[C@H](CN=[N+]=[N-])c1ccccc1. The van der Waals surface area contributed by atoms with Crippen molar-refractivity contribution in [2.75, 3.05) is 6.54 Å². The number of hydrogen-bond acceptors (Lipinski definition) is 1. The smallest absolute Gasteiger partial charge is 0.0324 e. The first-order chi connectivity index (χ1) is 5.84. The average molecular weight is 161 g/mol. The normalized spacial score (nSPS) is 11.8. The molecule has 0 amide bonds. The molecule has 1 atom stereocenters. The monoisotopic (exact) mass is 161 g/mol. The minimum Gasteiger partial charge on any atom is -0.0934 e. The fourth-order valence-electron chi connectivity index (χ4n) is 1.05. The van der Waals surface area contributed by atoms with E-state index in [4.69, 9.17) is 5.53 Å². The third-order valence-corrected chi connectivity index (χ3v) is 1.79. The number of rotatable bonds is 3. The van der Waals surface area contributed by atoms with Gasteiger partial charge in [-0.3, -0.25) is 0 Å². The highest BCUT2D eigenvalue weighted by Crippen LogP contribution is 2.14. The number of nitrogens with zero attached hydrogens (tertiary/aromatic N) is 3. The molecule has 0 saturated heterocycles. The van der Waals surface area contributed by atoms with Crippen LogP contribution in [0, 0.1) is 0 Å². The van der Waals surface area contributed by atoms with Crippen LogP contribution in [-0.4, -0.2) is 6.54 Å². The number of benzene rings is 1. The lowest BCUT2D eigenvalue weighted by atomic mass is 10.0. The Hall–Kier alpha value is -1.47. The summed E-state index contributed by atoms with van der Waals surface area (Å²) in [6.07, 6.45) is 0. The molecular formula is C9H11N3. The molecule has 1 aromatic carbocycles. The molecule has 0 unspecified atom stereocenters. The summed E-state index contributed by atoms with van der Waals surface area (Å²) in [4.78, 5) is 2.73. The van der Waals surface area contributed by atoms with E-state index in [1.54, 1.807) is 0 Å². The lowest BCUT2D eigenvalue weighted by molar-refractivity contribution is 0.769. The van der Waals surface area contributed by atoms with Crippen molar-refractivity contribution in [2.45, 2.75) is 12.8 Å². The van der Waals surface area contributed by atoms with E-state index in [0.29, 0.717) is 12.5 Å². The van der Waals surface area contributed by atoms with Crippen LogP contribution in [0.4, 0.5) is 0 Å². The molecule has 0 aromatic heterocycles. The van der Waals surface area contributed by atoms with Gasteiger partial charge in [-0.1, -0.05) is 42.4 Å². The zero-order valence-electron chi connectivity index (χ0n) is 7.01. The van der Waals surface area contributed by atoms with E-state index in [-0.39, 0.29) is 0 Å². The van der Waals surface area contributed by atoms with Gasteiger partial charge in [0, 0.05) is 11.5 Å². The summed E-state index contributed by atoms with van der Waals surface area (Å²) < 4.78 is 0. The topological polar surface area (TPSA) is 48.8 Å². The first-order valence-corrected chi connectivity index (χ1v) is 3.90. The van der Waals surface area contributed by atoms with Crippen molar-refractivity contribution >= 4 is 0 Å². The van der Waals surface area contributed by atoms with Gasteiger partial charge in [-0.2, -0.15) is 0 Å². The van der Waals surface area contributed by atoms with Crippen LogP contribution in [0.15, 0.2) is 35.4 Å². The fraction of sp³-hybridized carbons (Fsp3) is 0.333. The van der Waals surface area contributed by atoms with Crippen LogP contribution in [-0.2, 0) is 0 Å². The highest BCUT2D eigenvalue weighted by atomic mass is 15.1. The zero-order chi connectivity index (χ0) is 8.81. The van der Waals surface area contributed by atoms with Crippen LogP contribution in [0.2, 0.25) is 0 Å². The van der Waals surface area contributed by atoms with Crippen LogP contribution >= 0.6 is 0 Å². The van der Waals surface area contributed by atoms with Gasteiger partial charge >= 0.3 is 0 Å². The van der Waals surface area contributed by atoms with Crippen LogP contribution in [0.5, 0.6) is 0 Å². The van der Waals surface area contributed by atoms with Gasteiger partial charge in [0.25, 0.3) is 0 Å². The summed E-state index contributed by atoms with van der Waals surface area (Å²) in [5.41, 5.74) is 9.33. The maximum absolute atomic E-state index is 8.12. The highest BCUT2D eigenvalue weighted by molar-refractivity contribution is 5.18.